The fraction of sp³-hybridized carbons (Fsp3) is 0.273. The van der Waals surface area contributed by atoms with E-state index in [4.69, 9.17) is 0 Å². The number of allylic oxidation sites excluding steroid dienone is 2. The fourth-order valence-electron chi connectivity index (χ4n) is 1.93. The number of hydrazine groups is 1. The Labute approximate surface area is 93.7 Å². The third kappa shape index (κ3) is 1.37. The van der Waals surface area contributed by atoms with Gasteiger partial charge in [-0.25, -0.2) is 10.4 Å². The number of aliphatic imine (C=N–C) groups is 1. The molecule has 0 saturated heterocycles. The minimum absolute atomic E-state index is 0.123. The molecule has 82 valence electrons. The average Bonchev–Trinajstić information content (AvgIpc) is 2.82. The molecule has 0 fully saturated rings. The van der Waals surface area contributed by atoms with E-state index < -0.39 is 0 Å². The van der Waals surface area contributed by atoms with E-state index in [1.807, 2.05) is 43.5 Å². The molecule has 1 unspecified atom stereocenters. The summed E-state index contributed by atoms with van der Waals surface area (Å²) < 4.78 is 1.80. The number of rotatable bonds is 1. The molecule has 16 heavy (non-hydrogen) atoms. The Balaban J connectivity index is 2.00. The minimum Gasteiger partial charge on any atom is -0.275 e. The molecule has 0 bridgehead atoms. The summed E-state index contributed by atoms with van der Waals surface area (Å²) in [5, 5.41) is 6.18. The van der Waals surface area contributed by atoms with Gasteiger partial charge in [-0.15, -0.1) is 0 Å². The van der Waals surface area contributed by atoms with E-state index in [1.54, 1.807) is 4.68 Å². The van der Waals surface area contributed by atoms with Crippen LogP contribution >= 0.6 is 0 Å². The number of aromatic nitrogens is 2. The Morgan fingerprint density at radius 2 is 2.31 bits per heavy atom. The van der Waals surface area contributed by atoms with Gasteiger partial charge in [0, 0.05) is 18.8 Å². The van der Waals surface area contributed by atoms with Crippen molar-refractivity contribution in [3.63, 3.8) is 0 Å². The van der Waals surface area contributed by atoms with E-state index >= 15 is 0 Å². The smallest absolute Gasteiger partial charge is 0.144 e. The van der Waals surface area contributed by atoms with Crippen molar-refractivity contribution in [2.45, 2.75) is 13.1 Å². The van der Waals surface area contributed by atoms with Crippen molar-refractivity contribution in [2.24, 2.45) is 12.0 Å². The van der Waals surface area contributed by atoms with Gasteiger partial charge in [0.2, 0.25) is 0 Å². The van der Waals surface area contributed by atoms with E-state index in [1.165, 1.54) is 0 Å². The predicted octanol–water partition coefficient (Wildman–Crippen LogP) is 0.895. The molecule has 1 aromatic heterocycles. The first-order valence-corrected chi connectivity index (χ1v) is 5.25. The summed E-state index contributed by atoms with van der Waals surface area (Å²) in [6.45, 7) is 2.03. The van der Waals surface area contributed by atoms with Gasteiger partial charge in [0.05, 0.1) is 11.9 Å². The number of nitrogens with one attached hydrogen (secondary N) is 1. The molecule has 5 nitrogen and oxygen atoms in total. The van der Waals surface area contributed by atoms with Crippen LogP contribution in [0.3, 0.4) is 0 Å². The second-order valence-electron chi connectivity index (χ2n) is 3.94. The highest BCUT2D eigenvalue weighted by molar-refractivity contribution is 6.01. The van der Waals surface area contributed by atoms with Gasteiger partial charge in [-0.3, -0.25) is 9.69 Å². The molecular formula is C11H13N5. The molecule has 1 aromatic rings. The lowest BCUT2D eigenvalue weighted by atomic mass is 10.2. The summed E-state index contributed by atoms with van der Waals surface area (Å²) in [7, 11) is 1.91. The summed E-state index contributed by atoms with van der Waals surface area (Å²) >= 11 is 0. The van der Waals surface area contributed by atoms with Crippen molar-refractivity contribution in [2.75, 3.05) is 0 Å². The van der Waals surface area contributed by atoms with Gasteiger partial charge in [-0.05, 0) is 19.1 Å². The summed E-state index contributed by atoms with van der Waals surface area (Å²) in [6.07, 6.45) is 10.0. The molecule has 5 heteroatoms. The highest BCUT2D eigenvalue weighted by atomic mass is 15.6. The van der Waals surface area contributed by atoms with Crippen LogP contribution < -0.4 is 5.43 Å². The van der Waals surface area contributed by atoms with Crippen molar-refractivity contribution in [1.82, 2.24) is 20.2 Å². The standard InChI is InChI=1S/C11H13N5/c1-8-13-11-5-3-4-10(16(11)14-8)9-6-12-15(2)7-9/h3-8,14H,1-2H3. The lowest BCUT2D eigenvalue weighted by Crippen LogP contribution is -2.38. The van der Waals surface area contributed by atoms with Crippen molar-refractivity contribution >= 4 is 11.5 Å². The maximum atomic E-state index is 4.47. The topological polar surface area (TPSA) is 45.5 Å². The predicted molar refractivity (Wildman–Crippen MR) is 62.2 cm³/mol. The summed E-state index contributed by atoms with van der Waals surface area (Å²) in [4.78, 5) is 4.47. The van der Waals surface area contributed by atoms with Gasteiger partial charge in [-0.2, -0.15) is 5.10 Å². The number of hydrogen-bond acceptors (Lipinski definition) is 4. The van der Waals surface area contributed by atoms with E-state index in [9.17, 15) is 0 Å². The fourth-order valence-corrected chi connectivity index (χ4v) is 1.93. The van der Waals surface area contributed by atoms with E-state index in [0.29, 0.717) is 0 Å². The zero-order chi connectivity index (χ0) is 11.1. The largest absolute Gasteiger partial charge is 0.275 e. The van der Waals surface area contributed by atoms with Gasteiger partial charge < -0.3 is 0 Å². The third-order valence-electron chi connectivity index (χ3n) is 2.61. The Bertz CT molecular complexity index is 508. The Kier molecular flexibility index (Phi) is 1.94. The normalized spacial score (nSPS) is 23.1. The van der Waals surface area contributed by atoms with Crippen molar-refractivity contribution in [3.05, 3.63) is 36.2 Å². The maximum absolute atomic E-state index is 4.47. The summed E-state index contributed by atoms with van der Waals surface area (Å²) in [5.74, 6) is 0.953. The summed E-state index contributed by atoms with van der Waals surface area (Å²) in [5.41, 5.74) is 5.45. The van der Waals surface area contributed by atoms with Crippen LogP contribution in [0.4, 0.5) is 0 Å². The lowest BCUT2D eigenvalue weighted by Gasteiger charge is -2.23. The van der Waals surface area contributed by atoms with Gasteiger partial charge in [-0.1, -0.05) is 6.08 Å². The molecule has 1 N–H and O–H groups in total. The zero-order valence-corrected chi connectivity index (χ0v) is 9.25. The number of hydrogen-bond donors (Lipinski definition) is 1. The molecule has 3 heterocycles. The van der Waals surface area contributed by atoms with Crippen molar-refractivity contribution in [1.29, 1.82) is 0 Å². The quantitative estimate of drug-likeness (QED) is 0.757. The Morgan fingerprint density at radius 3 is 3.06 bits per heavy atom. The summed E-state index contributed by atoms with van der Waals surface area (Å²) in [6, 6.07) is 0. The average molecular weight is 215 g/mol. The van der Waals surface area contributed by atoms with Crippen LogP contribution in [0.25, 0.3) is 5.70 Å². The van der Waals surface area contributed by atoms with Crippen molar-refractivity contribution in [3.8, 4) is 0 Å². The van der Waals surface area contributed by atoms with Crippen LogP contribution in [0.5, 0.6) is 0 Å². The number of nitrogens with zero attached hydrogens (tertiary/aromatic N) is 4. The molecule has 1 atom stereocenters. The third-order valence-corrected chi connectivity index (χ3v) is 2.61. The minimum atomic E-state index is 0.123. The van der Waals surface area contributed by atoms with Gasteiger partial charge in [0.25, 0.3) is 0 Å². The second-order valence-corrected chi connectivity index (χ2v) is 3.94. The molecule has 2 aliphatic rings. The zero-order valence-electron chi connectivity index (χ0n) is 9.25. The van der Waals surface area contributed by atoms with Gasteiger partial charge in [0.1, 0.15) is 12.0 Å². The molecule has 3 rings (SSSR count). The van der Waals surface area contributed by atoms with Gasteiger partial charge >= 0.3 is 0 Å². The lowest BCUT2D eigenvalue weighted by molar-refractivity contribution is 0.412. The van der Waals surface area contributed by atoms with Crippen molar-refractivity contribution < 1.29 is 0 Å². The van der Waals surface area contributed by atoms with E-state index in [0.717, 1.165) is 17.1 Å². The molecular weight excluding hydrogens is 202 g/mol. The van der Waals surface area contributed by atoms with Gasteiger partial charge in [0.15, 0.2) is 0 Å². The second kappa shape index (κ2) is 3.31. The Morgan fingerprint density at radius 1 is 1.44 bits per heavy atom. The number of aryl methyl sites for hydroxylation is 1. The van der Waals surface area contributed by atoms with Crippen LogP contribution in [0.1, 0.15) is 12.5 Å². The highest BCUT2D eigenvalue weighted by Crippen LogP contribution is 2.24. The van der Waals surface area contributed by atoms with E-state index in [-0.39, 0.29) is 6.17 Å². The molecule has 2 aliphatic heterocycles. The van der Waals surface area contributed by atoms with E-state index in [2.05, 4.69) is 21.6 Å². The van der Waals surface area contributed by atoms with Crippen LogP contribution in [0, 0.1) is 0 Å². The highest BCUT2D eigenvalue weighted by Gasteiger charge is 2.25. The Hall–Kier alpha value is -1.88. The first-order valence-electron chi connectivity index (χ1n) is 5.25. The molecule has 0 spiro atoms. The van der Waals surface area contributed by atoms with Crippen LogP contribution in [0.2, 0.25) is 0 Å². The molecule has 0 radical (unpaired) electrons. The molecule has 0 aliphatic carbocycles. The SMILES string of the molecule is CC1N=C2C=CC=C(c3cnn(C)c3)N2N1. The molecule has 0 aromatic carbocycles. The number of fused-ring (bicyclic) bond motifs is 1. The monoisotopic (exact) mass is 215 g/mol. The first-order chi connectivity index (χ1) is 7.74. The number of amidine groups is 1. The van der Waals surface area contributed by atoms with Crippen LogP contribution in [-0.4, -0.2) is 26.8 Å². The molecule has 0 saturated carbocycles. The molecule has 0 amide bonds. The van der Waals surface area contributed by atoms with Crippen LogP contribution in [-0.2, 0) is 7.05 Å². The maximum Gasteiger partial charge on any atom is 0.144 e. The first kappa shape index (κ1) is 9.35. The van der Waals surface area contributed by atoms with Crippen LogP contribution in [0.15, 0.2) is 35.6 Å².